The van der Waals surface area contributed by atoms with Gasteiger partial charge in [-0.1, -0.05) is 0 Å². The maximum atomic E-state index is 12.0. The van der Waals surface area contributed by atoms with E-state index < -0.39 is 0 Å². The fraction of sp³-hybridized carbons (Fsp3) is 0.571. The second-order valence-corrected chi connectivity index (χ2v) is 4.93. The molecule has 1 fully saturated rings. The number of hydrogen-bond acceptors (Lipinski definition) is 4. The number of piperazine rings is 1. The third-order valence-corrected chi connectivity index (χ3v) is 3.39. The van der Waals surface area contributed by atoms with Gasteiger partial charge in [0.25, 0.3) is 5.91 Å². The largest absolute Gasteiger partial charge is 0.351 e. The molecule has 21 heavy (non-hydrogen) atoms. The molecular formula is C14H24Cl2N4O. The zero-order valence-corrected chi connectivity index (χ0v) is 14.1. The van der Waals surface area contributed by atoms with Gasteiger partial charge >= 0.3 is 0 Å². The van der Waals surface area contributed by atoms with E-state index in [4.69, 9.17) is 0 Å². The van der Waals surface area contributed by atoms with Gasteiger partial charge in [0.2, 0.25) is 0 Å². The number of nitrogens with zero attached hydrogens (tertiary/aromatic N) is 2. The first-order valence-electron chi connectivity index (χ1n) is 6.82. The van der Waals surface area contributed by atoms with Crippen LogP contribution in [0.25, 0.3) is 0 Å². The second kappa shape index (κ2) is 9.95. The third kappa shape index (κ3) is 6.18. The van der Waals surface area contributed by atoms with Crippen LogP contribution in [0.4, 0.5) is 0 Å². The molecule has 120 valence electrons. The van der Waals surface area contributed by atoms with Crippen LogP contribution in [-0.2, 0) is 0 Å². The van der Waals surface area contributed by atoms with Crippen LogP contribution in [0.3, 0.4) is 0 Å². The normalized spacial score (nSPS) is 14.8. The highest BCUT2D eigenvalue weighted by Gasteiger charge is 2.12. The van der Waals surface area contributed by atoms with Crippen molar-refractivity contribution in [2.75, 3.05) is 39.3 Å². The van der Waals surface area contributed by atoms with E-state index in [0.29, 0.717) is 12.1 Å². The standard InChI is InChI=1S/C14H22N4O.2ClH/c1-11-3-4-13(12(2)17-11)14(19)16-7-10-18-8-5-15-6-9-18;;/h3-4,15H,5-10H2,1-2H3,(H,16,19);2*1H. The quantitative estimate of drug-likeness (QED) is 0.868. The molecule has 0 aromatic carbocycles. The summed E-state index contributed by atoms with van der Waals surface area (Å²) in [7, 11) is 0. The van der Waals surface area contributed by atoms with Gasteiger partial charge < -0.3 is 10.6 Å². The van der Waals surface area contributed by atoms with Crippen LogP contribution in [0.1, 0.15) is 21.7 Å². The molecule has 1 aliphatic rings. The number of halogens is 2. The first-order chi connectivity index (χ1) is 9.16. The number of hydrogen-bond donors (Lipinski definition) is 2. The van der Waals surface area contributed by atoms with Gasteiger partial charge in [0, 0.05) is 45.0 Å². The van der Waals surface area contributed by atoms with Crippen molar-refractivity contribution < 1.29 is 4.79 Å². The van der Waals surface area contributed by atoms with Gasteiger partial charge in [0.1, 0.15) is 0 Å². The van der Waals surface area contributed by atoms with Crippen LogP contribution in [-0.4, -0.2) is 55.1 Å². The fourth-order valence-electron chi connectivity index (χ4n) is 2.28. The van der Waals surface area contributed by atoms with Crippen molar-refractivity contribution in [3.8, 4) is 0 Å². The highest BCUT2D eigenvalue weighted by atomic mass is 35.5. The van der Waals surface area contributed by atoms with Gasteiger partial charge in [0.15, 0.2) is 0 Å². The predicted molar refractivity (Wildman–Crippen MR) is 89.8 cm³/mol. The van der Waals surface area contributed by atoms with E-state index in [9.17, 15) is 4.79 Å². The molecule has 1 amide bonds. The van der Waals surface area contributed by atoms with Crippen LogP contribution in [0.5, 0.6) is 0 Å². The van der Waals surface area contributed by atoms with Crippen molar-refractivity contribution in [3.63, 3.8) is 0 Å². The summed E-state index contributed by atoms with van der Waals surface area (Å²) in [6, 6.07) is 3.72. The van der Waals surface area contributed by atoms with E-state index in [0.717, 1.165) is 44.1 Å². The molecule has 1 saturated heterocycles. The number of carbonyl (C=O) groups is 1. The zero-order chi connectivity index (χ0) is 13.7. The van der Waals surface area contributed by atoms with Crippen LogP contribution >= 0.6 is 24.8 Å². The Balaban J connectivity index is 0.00000200. The van der Waals surface area contributed by atoms with Crippen molar-refractivity contribution in [1.82, 2.24) is 20.5 Å². The first kappa shape index (κ1) is 20.1. The maximum Gasteiger partial charge on any atom is 0.253 e. The van der Waals surface area contributed by atoms with E-state index in [-0.39, 0.29) is 30.7 Å². The monoisotopic (exact) mass is 334 g/mol. The molecule has 0 bridgehead atoms. The molecule has 1 aliphatic heterocycles. The Labute approximate surface area is 138 Å². The first-order valence-corrected chi connectivity index (χ1v) is 6.82. The molecule has 0 radical (unpaired) electrons. The summed E-state index contributed by atoms with van der Waals surface area (Å²) in [4.78, 5) is 18.7. The van der Waals surface area contributed by atoms with Crippen molar-refractivity contribution in [2.24, 2.45) is 0 Å². The number of pyridine rings is 1. The summed E-state index contributed by atoms with van der Waals surface area (Å²) in [5, 5.41) is 6.28. The number of nitrogens with one attached hydrogen (secondary N) is 2. The lowest BCUT2D eigenvalue weighted by Gasteiger charge is -2.27. The average molecular weight is 335 g/mol. The Bertz CT molecular complexity index is 451. The maximum absolute atomic E-state index is 12.0. The van der Waals surface area contributed by atoms with Crippen molar-refractivity contribution in [3.05, 3.63) is 29.1 Å². The lowest BCUT2D eigenvalue weighted by atomic mass is 10.1. The number of aryl methyl sites for hydroxylation is 2. The Kier molecular flexibility index (Phi) is 9.53. The lowest BCUT2D eigenvalue weighted by molar-refractivity contribution is 0.0946. The molecular weight excluding hydrogens is 311 g/mol. The molecule has 0 unspecified atom stereocenters. The van der Waals surface area contributed by atoms with E-state index >= 15 is 0 Å². The molecule has 0 saturated carbocycles. The Morgan fingerprint density at radius 3 is 2.57 bits per heavy atom. The van der Waals surface area contributed by atoms with E-state index in [1.807, 2.05) is 26.0 Å². The number of aromatic nitrogens is 1. The Hall–Kier alpha value is -0.880. The summed E-state index contributed by atoms with van der Waals surface area (Å²) in [6.45, 7) is 9.58. The highest BCUT2D eigenvalue weighted by molar-refractivity contribution is 5.95. The fourth-order valence-corrected chi connectivity index (χ4v) is 2.28. The predicted octanol–water partition coefficient (Wildman–Crippen LogP) is 1.18. The van der Waals surface area contributed by atoms with Gasteiger partial charge in [-0.2, -0.15) is 0 Å². The molecule has 0 spiro atoms. The zero-order valence-electron chi connectivity index (χ0n) is 12.5. The SMILES string of the molecule is Cc1ccc(C(=O)NCCN2CCNCC2)c(C)n1.Cl.Cl. The van der Waals surface area contributed by atoms with Gasteiger partial charge in [-0.15, -0.1) is 24.8 Å². The van der Waals surface area contributed by atoms with Gasteiger partial charge in [-0.25, -0.2) is 0 Å². The average Bonchev–Trinajstić information content (AvgIpc) is 2.39. The Morgan fingerprint density at radius 1 is 1.29 bits per heavy atom. The topological polar surface area (TPSA) is 57.3 Å². The van der Waals surface area contributed by atoms with E-state index in [1.165, 1.54) is 0 Å². The minimum Gasteiger partial charge on any atom is -0.351 e. The van der Waals surface area contributed by atoms with Crippen molar-refractivity contribution in [2.45, 2.75) is 13.8 Å². The minimum absolute atomic E-state index is 0. The molecule has 2 N–H and O–H groups in total. The molecule has 0 aliphatic carbocycles. The van der Waals surface area contributed by atoms with Crippen LogP contribution < -0.4 is 10.6 Å². The van der Waals surface area contributed by atoms with Crippen molar-refractivity contribution >= 4 is 30.7 Å². The molecule has 0 atom stereocenters. The summed E-state index contributed by atoms with van der Waals surface area (Å²) in [5.41, 5.74) is 2.40. The van der Waals surface area contributed by atoms with Gasteiger partial charge in [0.05, 0.1) is 11.3 Å². The van der Waals surface area contributed by atoms with Crippen molar-refractivity contribution in [1.29, 1.82) is 0 Å². The molecule has 5 nitrogen and oxygen atoms in total. The van der Waals surface area contributed by atoms with Crippen LogP contribution in [0.2, 0.25) is 0 Å². The number of amides is 1. The number of rotatable bonds is 4. The molecule has 2 heterocycles. The van der Waals surface area contributed by atoms with Crippen LogP contribution in [0.15, 0.2) is 12.1 Å². The summed E-state index contributed by atoms with van der Waals surface area (Å²) < 4.78 is 0. The third-order valence-electron chi connectivity index (χ3n) is 3.39. The summed E-state index contributed by atoms with van der Waals surface area (Å²) in [5.74, 6) is -0.0277. The summed E-state index contributed by atoms with van der Waals surface area (Å²) >= 11 is 0. The molecule has 1 aromatic heterocycles. The second-order valence-electron chi connectivity index (χ2n) is 4.93. The van der Waals surface area contributed by atoms with Gasteiger partial charge in [-0.3, -0.25) is 14.7 Å². The molecule has 7 heteroatoms. The molecule has 1 aromatic rings. The summed E-state index contributed by atoms with van der Waals surface area (Å²) in [6.07, 6.45) is 0. The highest BCUT2D eigenvalue weighted by Crippen LogP contribution is 2.06. The Morgan fingerprint density at radius 2 is 1.95 bits per heavy atom. The lowest BCUT2D eigenvalue weighted by Crippen LogP contribution is -2.46. The molecule has 2 rings (SSSR count). The van der Waals surface area contributed by atoms with E-state index in [2.05, 4.69) is 20.5 Å². The van der Waals surface area contributed by atoms with Crippen LogP contribution in [0, 0.1) is 13.8 Å². The van der Waals surface area contributed by atoms with Gasteiger partial charge in [-0.05, 0) is 26.0 Å². The number of carbonyl (C=O) groups excluding carboxylic acids is 1. The minimum atomic E-state index is -0.0277. The smallest absolute Gasteiger partial charge is 0.253 e. The van der Waals surface area contributed by atoms with E-state index in [1.54, 1.807) is 0 Å².